The molecule has 104 valence electrons. The molecule has 0 spiro atoms. The van der Waals surface area contributed by atoms with E-state index in [-0.39, 0.29) is 5.91 Å². The quantitative estimate of drug-likeness (QED) is 0.769. The number of hydrogen-bond acceptors (Lipinski definition) is 1. The molecule has 4 heteroatoms. The maximum Gasteiger partial charge on any atom is 0.253 e. The first-order valence-electron chi connectivity index (χ1n) is 6.25. The third-order valence-corrected chi connectivity index (χ3v) is 3.57. The highest BCUT2D eigenvalue weighted by Gasteiger charge is 2.12. The summed E-state index contributed by atoms with van der Waals surface area (Å²) in [6, 6.07) is 14.9. The number of benzene rings is 2. The number of carbonyl (C=O) groups excluding carboxylic acids is 1. The average Bonchev–Trinajstić information content (AvgIpc) is 2.48. The zero-order chi connectivity index (χ0) is 14.5. The van der Waals surface area contributed by atoms with E-state index in [9.17, 15) is 4.79 Å². The van der Waals surface area contributed by atoms with Crippen molar-refractivity contribution in [3.05, 3.63) is 70.2 Å². The molecule has 0 atom stereocenters. The smallest absolute Gasteiger partial charge is 0.253 e. The molecular formula is C16H15Cl2NO. The zero-order valence-electron chi connectivity index (χ0n) is 11.1. The Morgan fingerprint density at radius 1 is 1.10 bits per heavy atom. The lowest BCUT2D eigenvalue weighted by molar-refractivity contribution is 0.0785. The molecule has 0 aliphatic carbocycles. The van der Waals surface area contributed by atoms with Gasteiger partial charge in [0.25, 0.3) is 5.91 Å². The molecule has 20 heavy (non-hydrogen) atoms. The number of amides is 1. The highest BCUT2D eigenvalue weighted by molar-refractivity contribution is 6.30. The summed E-state index contributed by atoms with van der Waals surface area (Å²) in [4.78, 5) is 14.0. The van der Waals surface area contributed by atoms with E-state index in [0.29, 0.717) is 23.0 Å². The first-order valence-corrected chi connectivity index (χ1v) is 7.16. The fourth-order valence-corrected chi connectivity index (χ4v) is 2.24. The van der Waals surface area contributed by atoms with Crippen molar-refractivity contribution in [3.63, 3.8) is 0 Å². The van der Waals surface area contributed by atoms with Gasteiger partial charge >= 0.3 is 0 Å². The van der Waals surface area contributed by atoms with Crippen LogP contribution < -0.4 is 0 Å². The van der Waals surface area contributed by atoms with Crippen LogP contribution in [0.4, 0.5) is 0 Å². The van der Waals surface area contributed by atoms with Crippen LogP contribution >= 0.6 is 23.2 Å². The fraction of sp³-hybridized carbons (Fsp3) is 0.188. The summed E-state index contributed by atoms with van der Waals surface area (Å²) >= 11 is 11.6. The van der Waals surface area contributed by atoms with Gasteiger partial charge in [0, 0.05) is 30.1 Å². The lowest BCUT2D eigenvalue weighted by Crippen LogP contribution is -2.26. The van der Waals surface area contributed by atoms with Crippen LogP contribution in [0, 0.1) is 0 Å². The first-order chi connectivity index (χ1) is 9.60. The van der Waals surface area contributed by atoms with E-state index in [1.54, 1.807) is 18.0 Å². The lowest BCUT2D eigenvalue weighted by atomic mass is 10.1. The normalized spacial score (nSPS) is 10.3. The molecule has 2 rings (SSSR count). The Bertz CT molecular complexity index is 596. The number of alkyl halides is 1. The predicted octanol–water partition coefficient (Wildman–Crippen LogP) is 4.35. The van der Waals surface area contributed by atoms with Gasteiger partial charge in [-0.1, -0.05) is 35.9 Å². The Morgan fingerprint density at radius 3 is 2.45 bits per heavy atom. The Hall–Kier alpha value is -1.51. The van der Waals surface area contributed by atoms with E-state index < -0.39 is 0 Å². The summed E-state index contributed by atoms with van der Waals surface area (Å²) in [5.41, 5.74) is 2.63. The van der Waals surface area contributed by atoms with E-state index in [1.165, 1.54) is 0 Å². The second-order valence-electron chi connectivity index (χ2n) is 4.62. The van der Waals surface area contributed by atoms with Gasteiger partial charge in [-0.2, -0.15) is 0 Å². The summed E-state index contributed by atoms with van der Waals surface area (Å²) in [5, 5.41) is 0.692. The largest absolute Gasteiger partial charge is 0.337 e. The number of hydrogen-bond donors (Lipinski definition) is 0. The van der Waals surface area contributed by atoms with E-state index in [1.807, 2.05) is 42.5 Å². The minimum absolute atomic E-state index is 0.0214. The monoisotopic (exact) mass is 307 g/mol. The van der Waals surface area contributed by atoms with E-state index in [2.05, 4.69) is 0 Å². The van der Waals surface area contributed by atoms with Crippen LogP contribution in [0.2, 0.25) is 5.02 Å². The third kappa shape index (κ3) is 3.75. The first kappa shape index (κ1) is 14.9. The van der Waals surface area contributed by atoms with Crippen molar-refractivity contribution >= 4 is 29.1 Å². The van der Waals surface area contributed by atoms with Crippen molar-refractivity contribution in [2.45, 2.75) is 12.4 Å². The molecule has 0 unspecified atom stereocenters. The molecule has 0 fully saturated rings. The second-order valence-corrected chi connectivity index (χ2v) is 5.33. The van der Waals surface area contributed by atoms with Crippen LogP contribution in [0.25, 0.3) is 0 Å². The molecule has 0 aliphatic heterocycles. The van der Waals surface area contributed by atoms with Gasteiger partial charge in [0.15, 0.2) is 0 Å². The molecule has 0 radical (unpaired) electrons. The van der Waals surface area contributed by atoms with Crippen molar-refractivity contribution in [2.24, 2.45) is 0 Å². The summed E-state index contributed by atoms with van der Waals surface area (Å²) in [7, 11) is 1.78. The van der Waals surface area contributed by atoms with Crippen LogP contribution in [0.15, 0.2) is 48.5 Å². The average molecular weight is 308 g/mol. The van der Waals surface area contributed by atoms with Gasteiger partial charge in [-0.25, -0.2) is 0 Å². The molecule has 0 bridgehead atoms. The number of rotatable bonds is 4. The van der Waals surface area contributed by atoms with Crippen LogP contribution in [0.5, 0.6) is 0 Å². The summed E-state index contributed by atoms with van der Waals surface area (Å²) in [6.45, 7) is 0.543. The van der Waals surface area contributed by atoms with Crippen molar-refractivity contribution in [3.8, 4) is 0 Å². The summed E-state index contributed by atoms with van der Waals surface area (Å²) < 4.78 is 0. The van der Waals surface area contributed by atoms with E-state index >= 15 is 0 Å². The second kappa shape index (κ2) is 6.78. The molecule has 0 saturated carbocycles. The van der Waals surface area contributed by atoms with Gasteiger partial charge in [-0.15, -0.1) is 11.6 Å². The molecule has 0 N–H and O–H groups in total. The third-order valence-electron chi connectivity index (χ3n) is 3.01. The Labute approximate surface area is 128 Å². The van der Waals surface area contributed by atoms with E-state index in [0.717, 1.165) is 11.1 Å². The van der Waals surface area contributed by atoms with Gasteiger partial charge in [0.05, 0.1) is 0 Å². The molecular weight excluding hydrogens is 293 g/mol. The van der Waals surface area contributed by atoms with Crippen LogP contribution in [0.1, 0.15) is 21.5 Å². The zero-order valence-corrected chi connectivity index (χ0v) is 12.7. The van der Waals surface area contributed by atoms with Gasteiger partial charge in [-0.3, -0.25) is 4.79 Å². The fourth-order valence-electron chi connectivity index (χ4n) is 1.94. The SMILES string of the molecule is CN(Cc1ccc(Cl)cc1)C(=O)c1cccc(CCl)c1. The van der Waals surface area contributed by atoms with Crippen molar-refractivity contribution < 1.29 is 4.79 Å². The van der Waals surface area contributed by atoms with Gasteiger partial charge in [0.2, 0.25) is 0 Å². The topological polar surface area (TPSA) is 20.3 Å². The highest BCUT2D eigenvalue weighted by Crippen LogP contribution is 2.14. The van der Waals surface area contributed by atoms with Crippen molar-refractivity contribution in [2.75, 3.05) is 7.05 Å². The van der Waals surface area contributed by atoms with Gasteiger partial charge in [0.1, 0.15) is 0 Å². The molecule has 0 saturated heterocycles. The van der Waals surface area contributed by atoms with Crippen molar-refractivity contribution in [1.29, 1.82) is 0 Å². The van der Waals surface area contributed by atoms with Crippen LogP contribution in [-0.2, 0) is 12.4 Å². The number of nitrogens with zero attached hydrogens (tertiary/aromatic N) is 1. The Balaban J connectivity index is 2.09. The molecule has 2 aromatic carbocycles. The molecule has 1 amide bonds. The maximum atomic E-state index is 12.3. The number of halogens is 2. The molecule has 0 aromatic heterocycles. The molecule has 2 aromatic rings. The summed E-state index contributed by atoms with van der Waals surface area (Å²) in [6.07, 6.45) is 0. The van der Waals surface area contributed by atoms with Gasteiger partial charge < -0.3 is 4.90 Å². The number of carbonyl (C=O) groups is 1. The minimum atomic E-state index is -0.0214. The standard InChI is InChI=1S/C16H15Cl2NO/c1-19(11-12-5-7-15(18)8-6-12)16(20)14-4-2-3-13(9-14)10-17/h2-9H,10-11H2,1H3. The van der Waals surface area contributed by atoms with Crippen LogP contribution in [-0.4, -0.2) is 17.9 Å². The highest BCUT2D eigenvalue weighted by atomic mass is 35.5. The van der Waals surface area contributed by atoms with Gasteiger partial charge in [-0.05, 0) is 35.4 Å². The predicted molar refractivity (Wildman–Crippen MR) is 83.2 cm³/mol. The molecule has 0 aliphatic rings. The Kier molecular flexibility index (Phi) is 5.05. The minimum Gasteiger partial charge on any atom is -0.337 e. The van der Waals surface area contributed by atoms with Crippen LogP contribution in [0.3, 0.4) is 0 Å². The molecule has 2 nitrogen and oxygen atoms in total. The van der Waals surface area contributed by atoms with E-state index in [4.69, 9.17) is 23.2 Å². The Morgan fingerprint density at radius 2 is 1.80 bits per heavy atom. The molecule has 0 heterocycles. The van der Waals surface area contributed by atoms with Crippen molar-refractivity contribution in [1.82, 2.24) is 4.90 Å². The maximum absolute atomic E-state index is 12.3. The lowest BCUT2D eigenvalue weighted by Gasteiger charge is -2.17. The summed E-state index contributed by atoms with van der Waals surface area (Å²) in [5.74, 6) is 0.383.